The maximum absolute atomic E-state index is 11.2. The lowest BCUT2D eigenvalue weighted by molar-refractivity contribution is -0.147. The second-order valence-electron chi connectivity index (χ2n) is 3.70. The van der Waals surface area contributed by atoms with Gasteiger partial charge in [0.05, 0.1) is 6.61 Å². The van der Waals surface area contributed by atoms with Gasteiger partial charge in [0.2, 0.25) is 0 Å². The van der Waals surface area contributed by atoms with Crippen LogP contribution in [0.3, 0.4) is 0 Å². The molecule has 1 saturated heterocycles. The van der Waals surface area contributed by atoms with E-state index in [1.165, 1.54) is 0 Å². The number of carbonyl (C=O) groups is 1. The fraction of sp³-hybridized carbons (Fsp3) is 0.900. The molecule has 0 aliphatic carbocycles. The van der Waals surface area contributed by atoms with Crippen molar-refractivity contribution in [2.75, 3.05) is 19.8 Å². The van der Waals surface area contributed by atoms with Crippen LogP contribution in [-0.2, 0) is 14.3 Å². The van der Waals surface area contributed by atoms with E-state index >= 15 is 0 Å². The summed E-state index contributed by atoms with van der Waals surface area (Å²) in [5.74, 6) is 0.177. The average Bonchev–Trinajstić information content (AvgIpc) is 2.26. The van der Waals surface area contributed by atoms with Crippen LogP contribution in [-0.4, -0.2) is 31.8 Å². The van der Waals surface area contributed by atoms with E-state index in [2.05, 4.69) is 0 Å². The number of nitrogens with two attached hydrogens (primary N) is 1. The zero-order valence-corrected chi connectivity index (χ0v) is 8.70. The zero-order chi connectivity index (χ0) is 10.4. The third-order valence-corrected chi connectivity index (χ3v) is 2.54. The van der Waals surface area contributed by atoms with E-state index in [1.807, 2.05) is 6.92 Å². The summed E-state index contributed by atoms with van der Waals surface area (Å²) >= 11 is 0. The van der Waals surface area contributed by atoms with Crippen LogP contribution in [0.25, 0.3) is 0 Å². The molecule has 0 saturated carbocycles. The molecule has 2 N–H and O–H groups in total. The van der Waals surface area contributed by atoms with Crippen molar-refractivity contribution < 1.29 is 14.3 Å². The summed E-state index contributed by atoms with van der Waals surface area (Å²) in [4.78, 5) is 11.2. The van der Waals surface area contributed by atoms with E-state index in [-0.39, 0.29) is 5.97 Å². The fourth-order valence-electron chi connectivity index (χ4n) is 1.39. The molecule has 1 rings (SSSR count). The third-order valence-electron chi connectivity index (χ3n) is 2.54. The van der Waals surface area contributed by atoms with Gasteiger partial charge >= 0.3 is 5.97 Å². The van der Waals surface area contributed by atoms with E-state index in [1.54, 1.807) is 0 Å². The number of ether oxygens (including phenoxy) is 2. The molecule has 82 valence electrons. The van der Waals surface area contributed by atoms with Crippen LogP contribution in [0.1, 0.15) is 26.2 Å². The Morgan fingerprint density at radius 3 is 2.79 bits per heavy atom. The monoisotopic (exact) mass is 201 g/mol. The van der Waals surface area contributed by atoms with E-state index < -0.39 is 6.04 Å². The fourth-order valence-corrected chi connectivity index (χ4v) is 1.39. The number of hydrogen-bond acceptors (Lipinski definition) is 4. The first-order valence-electron chi connectivity index (χ1n) is 5.24. The summed E-state index contributed by atoms with van der Waals surface area (Å²) in [5.41, 5.74) is 5.53. The molecule has 14 heavy (non-hydrogen) atoms. The molecule has 1 atom stereocenters. The number of esters is 1. The molecule has 0 aromatic carbocycles. The number of hydrogen-bond donors (Lipinski definition) is 1. The first-order chi connectivity index (χ1) is 6.74. The average molecular weight is 201 g/mol. The Hall–Kier alpha value is -0.610. The molecule has 4 nitrogen and oxygen atoms in total. The summed E-state index contributed by atoms with van der Waals surface area (Å²) < 4.78 is 10.3. The number of carbonyl (C=O) groups excluding carboxylic acids is 1. The molecule has 4 heteroatoms. The molecule has 0 radical (unpaired) electrons. The van der Waals surface area contributed by atoms with Gasteiger partial charge in [-0.3, -0.25) is 4.79 Å². The highest BCUT2D eigenvalue weighted by molar-refractivity contribution is 5.75. The highest BCUT2D eigenvalue weighted by Gasteiger charge is 2.18. The smallest absolute Gasteiger partial charge is 0.322 e. The molecule has 1 aliphatic heterocycles. The highest BCUT2D eigenvalue weighted by Crippen LogP contribution is 2.14. The number of rotatable bonds is 4. The minimum Gasteiger partial charge on any atom is -0.464 e. The largest absolute Gasteiger partial charge is 0.464 e. The third kappa shape index (κ3) is 3.64. The second kappa shape index (κ2) is 5.98. The van der Waals surface area contributed by atoms with Crippen molar-refractivity contribution in [3.05, 3.63) is 0 Å². The van der Waals surface area contributed by atoms with Crippen LogP contribution in [0.15, 0.2) is 0 Å². The molecule has 1 heterocycles. The van der Waals surface area contributed by atoms with E-state index in [9.17, 15) is 4.79 Å². The van der Waals surface area contributed by atoms with Crippen LogP contribution in [0.4, 0.5) is 0 Å². The Bertz CT molecular complexity index is 178. The van der Waals surface area contributed by atoms with Gasteiger partial charge in [0.1, 0.15) is 6.04 Å². The normalized spacial score (nSPS) is 20.4. The van der Waals surface area contributed by atoms with Gasteiger partial charge in [-0.2, -0.15) is 0 Å². The summed E-state index contributed by atoms with van der Waals surface area (Å²) in [6.07, 6.45) is 2.59. The molecule has 0 aromatic heterocycles. The summed E-state index contributed by atoms with van der Waals surface area (Å²) in [5, 5.41) is 0. The van der Waals surface area contributed by atoms with E-state index in [0.717, 1.165) is 26.1 Å². The van der Waals surface area contributed by atoms with Crippen molar-refractivity contribution in [3.8, 4) is 0 Å². The zero-order valence-electron chi connectivity index (χ0n) is 8.70. The molecular formula is C10H19NO3. The standard InChI is InChI=1S/C10H19NO3/c1-2-9(11)10(12)14-7-8-3-5-13-6-4-8/h8-9H,2-7,11H2,1H3/t9-/m1/s1. The summed E-state index contributed by atoms with van der Waals surface area (Å²) in [6, 6.07) is -0.463. The molecule has 0 amide bonds. The maximum atomic E-state index is 11.2. The van der Waals surface area contributed by atoms with Crippen molar-refractivity contribution in [2.45, 2.75) is 32.2 Å². The second-order valence-corrected chi connectivity index (χ2v) is 3.70. The minimum atomic E-state index is -0.463. The van der Waals surface area contributed by atoms with Crippen LogP contribution in [0.5, 0.6) is 0 Å². The van der Waals surface area contributed by atoms with Crippen LogP contribution in [0.2, 0.25) is 0 Å². The summed E-state index contributed by atoms with van der Waals surface area (Å²) in [6.45, 7) is 3.93. The van der Waals surface area contributed by atoms with Gasteiger partial charge < -0.3 is 15.2 Å². The van der Waals surface area contributed by atoms with Gasteiger partial charge in [0, 0.05) is 13.2 Å². The lowest BCUT2D eigenvalue weighted by Crippen LogP contribution is -2.33. The Kier molecular flexibility index (Phi) is 4.90. The van der Waals surface area contributed by atoms with Gasteiger partial charge in [0.25, 0.3) is 0 Å². The highest BCUT2D eigenvalue weighted by atomic mass is 16.5. The molecule has 0 aromatic rings. The van der Waals surface area contributed by atoms with Gasteiger partial charge in [-0.25, -0.2) is 0 Å². The Morgan fingerprint density at radius 2 is 2.21 bits per heavy atom. The molecular weight excluding hydrogens is 182 g/mol. The molecule has 0 spiro atoms. The lowest BCUT2D eigenvalue weighted by Gasteiger charge is -2.22. The Balaban J connectivity index is 2.15. The predicted molar refractivity (Wildman–Crippen MR) is 52.8 cm³/mol. The first kappa shape index (κ1) is 11.5. The summed E-state index contributed by atoms with van der Waals surface area (Å²) in [7, 11) is 0. The first-order valence-corrected chi connectivity index (χ1v) is 5.24. The predicted octanol–water partition coefficient (Wildman–Crippen LogP) is 0.693. The molecule has 0 unspecified atom stereocenters. The van der Waals surface area contributed by atoms with Gasteiger partial charge in [-0.05, 0) is 25.2 Å². The molecule has 1 aliphatic rings. The van der Waals surface area contributed by atoms with Gasteiger partial charge in [0.15, 0.2) is 0 Å². The van der Waals surface area contributed by atoms with Crippen molar-refractivity contribution in [1.82, 2.24) is 0 Å². The quantitative estimate of drug-likeness (QED) is 0.680. The van der Waals surface area contributed by atoms with Gasteiger partial charge in [-0.1, -0.05) is 6.92 Å². The SMILES string of the molecule is CC[C@@H](N)C(=O)OCC1CCOCC1. The van der Waals surface area contributed by atoms with Crippen molar-refractivity contribution in [2.24, 2.45) is 11.7 Å². The molecule has 0 bridgehead atoms. The van der Waals surface area contributed by atoms with E-state index in [0.29, 0.717) is 18.9 Å². The molecule has 1 fully saturated rings. The Morgan fingerprint density at radius 1 is 1.57 bits per heavy atom. The minimum absolute atomic E-state index is 0.279. The van der Waals surface area contributed by atoms with Crippen LogP contribution >= 0.6 is 0 Å². The lowest BCUT2D eigenvalue weighted by atomic mass is 10.0. The van der Waals surface area contributed by atoms with Crippen LogP contribution in [0, 0.1) is 5.92 Å². The van der Waals surface area contributed by atoms with Crippen LogP contribution < -0.4 is 5.73 Å². The van der Waals surface area contributed by atoms with Gasteiger partial charge in [-0.15, -0.1) is 0 Å². The van der Waals surface area contributed by atoms with Crippen molar-refractivity contribution >= 4 is 5.97 Å². The van der Waals surface area contributed by atoms with Crippen molar-refractivity contribution in [3.63, 3.8) is 0 Å². The van der Waals surface area contributed by atoms with Crippen molar-refractivity contribution in [1.29, 1.82) is 0 Å². The topological polar surface area (TPSA) is 61.6 Å². The Labute approximate surface area is 84.7 Å². The van der Waals surface area contributed by atoms with E-state index in [4.69, 9.17) is 15.2 Å². The maximum Gasteiger partial charge on any atom is 0.322 e.